The average molecular weight is 739 g/mol. The number of amides is 3. The van der Waals surface area contributed by atoms with Crippen LogP contribution in [0, 0.1) is 18.9 Å². The zero-order valence-electron chi connectivity index (χ0n) is 28.0. The van der Waals surface area contributed by atoms with Gasteiger partial charge in [0.05, 0.1) is 28.3 Å². The quantitative estimate of drug-likeness (QED) is 0.156. The summed E-state index contributed by atoms with van der Waals surface area (Å²) in [6, 6.07) is 10.7. The molecule has 2 aliphatic rings. The summed E-state index contributed by atoms with van der Waals surface area (Å²) in [4.78, 5) is 54.8. The van der Waals surface area contributed by atoms with Gasteiger partial charge < -0.3 is 25.0 Å². The molecular weight excluding hydrogens is 706 g/mol. The van der Waals surface area contributed by atoms with E-state index in [4.69, 9.17) is 11.6 Å². The number of hydrogen-bond donors (Lipinski definition) is 2. The second-order valence-corrected chi connectivity index (χ2v) is 14.7. The summed E-state index contributed by atoms with van der Waals surface area (Å²) in [5.74, 6) is -2.97. The number of rotatable bonds is 8. The number of nitrogens with zero attached hydrogens (tertiary/aromatic N) is 6. The Kier molecular flexibility index (Phi) is 9.67. The molecule has 1 saturated heterocycles. The van der Waals surface area contributed by atoms with E-state index in [0.29, 0.717) is 65.1 Å². The van der Waals surface area contributed by atoms with Crippen molar-refractivity contribution >= 4 is 62.4 Å². The maximum absolute atomic E-state index is 14.4. The highest BCUT2D eigenvalue weighted by atomic mass is 35.5. The molecule has 0 aliphatic carbocycles. The van der Waals surface area contributed by atoms with Gasteiger partial charge in [-0.05, 0) is 62.0 Å². The smallest absolute Gasteiger partial charge is 0.311 e. The number of fused-ring (bicyclic) bond motifs is 1. The van der Waals surface area contributed by atoms with Crippen LogP contribution in [0.4, 0.5) is 20.2 Å². The number of carbonyl (C=O) groups excluding carboxylic acids is 3. The van der Waals surface area contributed by atoms with Crippen LogP contribution in [0.15, 0.2) is 53.6 Å². The molecule has 4 aromatic rings. The van der Waals surface area contributed by atoms with E-state index in [-0.39, 0.29) is 28.5 Å². The Balaban J connectivity index is 1.39. The van der Waals surface area contributed by atoms with Crippen LogP contribution in [0.3, 0.4) is 0 Å². The molecule has 0 radical (unpaired) electrons. The Hall–Kier alpha value is -5.19. The van der Waals surface area contributed by atoms with E-state index < -0.39 is 39.4 Å². The molecule has 2 aliphatic heterocycles. The Morgan fingerprint density at radius 1 is 1.08 bits per heavy atom. The van der Waals surface area contributed by atoms with E-state index in [1.54, 1.807) is 30.0 Å². The number of aromatic amines is 1. The fourth-order valence-corrected chi connectivity index (χ4v) is 7.38. The molecule has 0 bridgehead atoms. The van der Waals surface area contributed by atoms with Gasteiger partial charge in [-0.3, -0.25) is 18.7 Å². The lowest BCUT2D eigenvalue weighted by atomic mass is 10.0. The Labute approximate surface area is 297 Å². The molecule has 17 heteroatoms. The lowest BCUT2D eigenvalue weighted by Gasteiger charge is -2.32. The summed E-state index contributed by atoms with van der Waals surface area (Å²) < 4.78 is 56.1. The van der Waals surface area contributed by atoms with Gasteiger partial charge in [-0.15, -0.1) is 0 Å². The number of piperazine rings is 1. The van der Waals surface area contributed by atoms with E-state index >= 15 is 0 Å². The highest BCUT2D eigenvalue weighted by molar-refractivity contribution is 7.92. The fraction of sp³-hybridized carbons (Fsp3) is 0.265. The van der Waals surface area contributed by atoms with Crippen molar-refractivity contribution in [3.63, 3.8) is 0 Å². The van der Waals surface area contributed by atoms with Gasteiger partial charge in [-0.1, -0.05) is 17.7 Å². The number of benzene rings is 2. The Morgan fingerprint density at radius 2 is 1.80 bits per heavy atom. The first-order valence-corrected chi connectivity index (χ1v) is 17.5. The van der Waals surface area contributed by atoms with E-state index in [2.05, 4.69) is 25.2 Å². The Bertz CT molecular complexity index is 2220. The first kappa shape index (κ1) is 35.6. The summed E-state index contributed by atoms with van der Waals surface area (Å²) in [5.41, 5.74) is 2.05. The normalized spacial score (nSPS) is 15.5. The summed E-state index contributed by atoms with van der Waals surface area (Å²) in [5, 5.41) is 3.12. The molecule has 2 aromatic carbocycles. The van der Waals surface area contributed by atoms with Gasteiger partial charge in [0, 0.05) is 74.1 Å². The molecular formula is C34H33ClF2N8O5S. The molecule has 4 heterocycles. The van der Waals surface area contributed by atoms with Crippen molar-refractivity contribution in [2.45, 2.75) is 18.4 Å². The summed E-state index contributed by atoms with van der Waals surface area (Å²) >= 11 is 6.10. The van der Waals surface area contributed by atoms with Crippen molar-refractivity contribution in [2.75, 3.05) is 56.9 Å². The molecule has 0 atom stereocenters. The zero-order valence-corrected chi connectivity index (χ0v) is 29.6. The molecule has 2 N–H and O–H groups in total. The molecule has 51 heavy (non-hydrogen) atoms. The van der Waals surface area contributed by atoms with Crippen molar-refractivity contribution in [1.82, 2.24) is 29.7 Å². The van der Waals surface area contributed by atoms with Crippen LogP contribution in [0.5, 0.6) is 0 Å². The molecule has 2 aromatic heterocycles. The van der Waals surface area contributed by atoms with E-state index in [9.17, 15) is 31.6 Å². The van der Waals surface area contributed by atoms with Crippen LogP contribution >= 0.6 is 11.6 Å². The molecule has 266 valence electrons. The minimum Gasteiger partial charge on any atom is -0.357 e. The summed E-state index contributed by atoms with van der Waals surface area (Å²) in [6.07, 6.45) is 0.951. The van der Waals surface area contributed by atoms with Crippen LogP contribution in [0.25, 0.3) is 11.6 Å². The van der Waals surface area contributed by atoms with Gasteiger partial charge in [-0.25, -0.2) is 13.4 Å². The molecule has 0 saturated carbocycles. The molecule has 0 unspecified atom stereocenters. The first-order valence-electron chi connectivity index (χ1n) is 15.7. The highest BCUT2D eigenvalue weighted by Gasteiger charge is 2.32. The lowest BCUT2D eigenvalue weighted by molar-refractivity contribution is -0.110. The third kappa shape index (κ3) is 6.94. The average Bonchev–Trinajstić information content (AvgIpc) is 3.57. The number of hydrogen-bond acceptors (Lipinski definition) is 8. The predicted molar refractivity (Wildman–Crippen MR) is 187 cm³/mol. The van der Waals surface area contributed by atoms with Crippen LogP contribution in [0.2, 0.25) is 5.02 Å². The molecule has 6 rings (SSSR count). The fourth-order valence-electron chi connectivity index (χ4n) is 5.98. The first-order chi connectivity index (χ1) is 24.1. The van der Waals surface area contributed by atoms with E-state index in [1.165, 1.54) is 44.4 Å². The maximum atomic E-state index is 14.4. The van der Waals surface area contributed by atoms with Gasteiger partial charge in [0.25, 0.3) is 27.7 Å². The van der Waals surface area contributed by atoms with Crippen LogP contribution in [0.1, 0.15) is 43.2 Å². The SMILES string of the molecule is Cc1c(/C=C2\C(=O)Nc3ccc(S(=O)(=O)N(C)c4cccc(Cl)c4)cc32)[nH]c(CN(C)C(=O)c2cnc(F)nc2F)c1C(=O)N1CCN(C)CC1. The van der Waals surface area contributed by atoms with Gasteiger partial charge >= 0.3 is 6.08 Å². The number of anilines is 2. The third-order valence-electron chi connectivity index (χ3n) is 8.95. The van der Waals surface area contributed by atoms with Gasteiger partial charge in [0.2, 0.25) is 5.95 Å². The van der Waals surface area contributed by atoms with Crippen LogP contribution in [-0.2, 0) is 21.4 Å². The second-order valence-electron chi connectivity index (χ2n) is 12.3. The van der Waals surface area contributed by atoms with Crippen molar-refractivity contribution in [1.29, 1.82) is 0 Å². The van der Waals surface area contributed by atoms with Crippen molar-refractivity contribution in [3.8, 4) is 0 Å². The topological polar surface area (TPSA) is 152 Å². The number of sulfonamides is 1. The van der Waals surface area contributed by atoms with Crippen molar-refractivity contribution < 1.29 is 31.6 Å². The molecule has 1 fully saturated rings. The van der Waals surface area contributed by atoms with Crippen molar-refractivity contribution in [2.24, 2.45) is 0 Å². The number of likely N-dealkylation sites (N-methyl/N-ethyl adjacent to an activating group) is 1. The van der Waals surface area contributed by atoms with Gasteiger partial charge in [0.15, 0.2) is 0 Å². The van der Waals surface area contributed by atoms with Gasteiger partial charge in [-0.2, -0.15) is 13.8 Å². The standard InChI is InChI=1S/C34H33ClF2N8O5S/c1-19-27(16-24-23-15-22(8-9-26(23)40-31(24)46)51(49,50)44(4)21-7-5-6-20(35)14-21)39-28(29(19)33(48)45-12-10-42(2)11-13-45)18-43(3)32(47)25-17-38-34(37)41-30(25)36/h5-9,14-17,39H,10-13,18H2,1-4H3,(H,40,46)/b24-16-. The second kappa shape index (κ2) is 13.8. The van der Waals surface area contributed by atoms with Crippen molar-refractivity contribution in [3.05, 3.63) is 99.4 Å². The number of nitrogens with one attached hydrogen (secondary N) is 2. The van der Waals surface area contributed by atoms with Crippen LogP contribution < -0.4 is 9.62 Å². The zero-order chi connectivity index (χ0) is 36.8. The molecule has 3 amide bonds. The number of carbonyl (C=O) groups is 3. The number of aromatic nitrogens is 3. The lowest BCUT2D eigenvalue weighted by Crippen LogP contribution is -2.47. The largest absolute Gasteiger partial charge is 0.357 e. The number of H-pyrrole nitrogens is 1. The molecule has 0 spiro atoms. The number of halogens is 3. The van der Waals surface area contributed by atoms with E-state index in [0.717, 1.165) is 15.4 Å². The maximum Gasteiger partial charge on any atom is 0.311 e. The van der Waals surface area contributed by atoms with E-state index in [1.807, 2.05) is 7.05 Å². The summed E-state index contributed by atoms with van der Waals surface area (Å²) in [6.45, 7) is 3.71. The monoisotopic (exact) mass is 738 g/mol. The summed E-state index contributed by atoms with van der Waals surface area (Å²) in [7, 11) is 0.654. The minimum absolute atomic E-state index is 0.0712. The molecule has 13 nitrogen and oxygen atoms in total. The predicted octanol–water partition coefficient (Wildman–Crippen LogP) is 4.02. The van der Waals surface area contributed by atoms with Crippen LogP contribution in [-0.4, -0.2) is 103 Å². The Morgan fingerprint density at radius 3 is 2.49 bits per heavy atom. The third-order valence-corrected chi connectivity index (χ3v) is 11.0. The van der Waals surface area contributed by atoms with Gasteiger partial charge in [0.1, 0.15) is 5.56 Å². The minimum atomic E-state index is -4.08. The highest BCUT2D eigenvalue weighted by Crippen LogP contribution is 2.37.